The Morgan fingerprint density at radius 2 is 1.88 bits per heavy atom. The molecule has 0 unspecified atom stereocenters. The number of nitrogens with two attached hydrogens (primary N) is 1. The molecule has 1 aliphatic heterocycles. The summed E-state index contributed by atoms with van der Waals surface area (Å²) in [5, 5.41) is 1.22. The monoisotopic (exact) mass is 244 g/mol. The van der Waals surface area contributed by atoms with E-state index in [4.69, 9.17) is 10.6 Å². The van der Waals surface area contributed by atoms with Crippen LogP contribution in [0, 0.1) is 0 Å². The minimum absolute atomic E-state index is 0.324. The second-order valence-electron chi connectivity index (χ2n) is 5.15. The van der Waals surface area contributed by atoms with E-state index in [1.807, 2.05) is 0 Å². The van der Waals surface area contributed by atoms with Gasteiger partial charge in [0.1, 0.15) is 5.60 Å². The van der Waals surface area contributed by atoms with Gasteiger partial charge in [-0.1, -0.05) is 0 Å². The average Bonchev–Trinajstić information content (AvgIpc) is 2.57. The summed E-state index contributed by atoms with van der Waals surface area (Å²) in [6.07, 6.45) is 0.982. The van der Waals surface area contributed by atoms with E-state index >= 15 is 0 Å². The maximum absolute atomic E-state index is 12.1. The second-order valence-corrected chi connectivity index (χ2v) is 5.15. The number of nitrogens with zero attached hydrogens (tertiary/aromatic N) is 1. The summed E-state index contributed by atoms with van der Waals surface area (Å²) < 4.78 is 9.94. The lowest BCUT2D eigenvalue weighted by molar-refractivity contribution is -0.179. The number of hydrazine groups is 1. The molecule has 1 saturated heterocycles. The van der Waals surface area contributed by atoms with Gasteiger partial charge in [-0.3, -0.25) is 5.84 Å². The molecule has 6 heteroatoms. The van der Waals surface area contributed by atoms with Crippen LogP contribution in [0.5, 0.6) is 0 Å². The van der Waals surface area contributed by atoms with Crippen LogP contribution in [-0.4, -0.2) is 41.7 Å². The van der Waals surface area contributed by atoms with Crippen LogP contribution in [0.3, 0.4) is 0 Å². The highest BCUT2D eigenvalue weighted by Crippen LogP contribution is 2.30. The molecule has 0 aromatic rings. The molecule has 0 aromatic carbocycles. The molecule has 0 saturated carbocycles. The van der Waals surface area contributed by atoms with Crippen LogP contribution in [-0.2, 0) is 19.1 Å². The van der Waals surface area contributed by atoms with Crippen molar-refractivity contribution in [1.82, 2.24) is 5.01 Å². The normalized spacial score (nSPS) is 25.7. The fourth-order valence-corrected chi connectivity index (χ4v) is 1.89. The van der Waals surface area contributed by atoms with E-state index in [0.717, 1.165) is 0 Å². The summed E-state index contributed by atoms with van der Waals surface area (Å²) in [6.45, 7) is 5.69. The molecule has 1 atom stereocenters. The third kappa shape index (κ3) is 2.58. The Bertz CT molecular complexity index is 324. The number of carbonyl (C=O) groups excluding carboxylic acids is 2. The van der Waals surface area contributed by atoms with Gasteiger partial charge in [0.05, 0.1) is 7.11 Å². The van der Waals surface area contributed by atoms with Crippen molar-refractivity contribution in [3.63, 3.8) is 0 Å². The van der Waals surface area contributed by atoms with Crippen molar-refractivity contribution in [3.05, 3.63) is 0 Å². The number of ether oxygens (including phenoxy) is 2. The Hall–Kier alpha value is -1.14. The van der Waals surface area contributed by atoms with E-state index in [2.05, 4.69) is 4.74 Å². The quantitative estimate of drug-likeness (QED) is 0.425. The van der Waals surface area contributed by atoms with Gasteiger partial charge in [0.25, 0.3) is 0 Å². The van der Waals surface area contributed by atoms with Crippen molar-refractivity contribution < 1.29 is 19.1 Å². The predicted molar refractivity (Wildman–Crippen MR) is 60.7 cm³/mol. The molecular weight excluding hydrogens is 224 g/mol. The van der Waals surface area contributed by atoms with Gasteiger partial charge in [-0.2, -0.15) is 0 Å². The van der Waals surface area contributed by atoms with Crippen molar-refractivity contribution >= 4 is 11.9 Å². The first-order valence-electron chi connectivity index (χ1n) is 5.58. The molecule has 2 N–H and O–H groups in total. The van der Waals surface area contributed by atoms with E-state index < -0.39 is 23.1 Å². The molecule has 0 bridgehead atoms. The van der Waals surface area contributed by atoms with Crippen LogP contribution in [0.2, 0.25) is 0 Å². The predicted octanol–water partition coefficient (Wildman–Crippen LogP) is 0.209. The number of hydrogen-bond acceptors (Lipinski definition) is 6. The zero-order chi connectivity index (χ0) is 13.3. The fourth-order valence-electron chi connectivity index (χ4n) is 1.89. The number of rotatable bonds is 2. The van der Waals surface area contributed by atoms with Crippen molar-refractivity contribution in [2.45, 2.75) is 44.8 Å². The summed E-state index contributed by atoms with van der Waals surface area (Å²) in [5.41, 5.74) is -2.15. The van der Waals surface area contributed by atoms with E-state index in [1.54, 1.807) is 20.8 Å². The van der Waals surface area contributed by atoms with Gasteiger partial charge in [-0.15, -0.1) is 0 Å². The Labute approximate surface area is 101 Å². The summed E-state index contributed by atoms with van der Waals surface area (Å²) in [4.78, 5) is 24.0. The highest BCUT2D eigenvalue weighted by atomic mass is 16.6. The fraction of sp³-hybridized carbons (Fsp3) is 0.818. The summed E-state index contributed by atoms with van der Waals surface area (Å²) in [7, 11) is 1.24. The summed E-state index contributed by atoms with van der Waals surface area (Å²) in [5.74, 6) is 4.44. The molecule has 98 valence electrons. The van der Waals surface area contributed by atoms with Crippen LogP contribution < -0.4 is 5.84 Å². The number of hydrogen-bond donors (Lipinski definition) is 1. The van der Waals surface area contributed by atoms with Crippen molar-refractivity contribution in [2.24, 2.45) is 5.84 Å². The minimum atomic E-state index is -1.48. The molecule has 0 radical (unpaired) electrons. The van der Waals surface area contributed by atoms with Gasteiger partial charge < -0.3 is 9.47 Å². The lowest BCUT2D eigenvalue weighted by atomic mass is 9.97. The number of methoxy groups -OCH3 is 1. The highest BCUT2D eigenvalue weighted by Gasteiger charge is 2.56. The van der Waals surface area contributed by atoms with Gasteiger partial charge >= 0.3 is 11.9 Å². The first kappa shape index (κ1) is 13.9. The molecule has 0 amide bonds. The van der Waals surface area contributed by atoms with Crippen LogP contribution in [0.15, 0.2) is 0 Å². The molecule has 17 heavy (non-hydrogen) atoms. The molecule has 0 spiro atoms. The van der Waals surface area contributed by atoms with E-state index in [0.29, 0.717) is 19.4 Å². The van der Waals surface area contributed by atoms with Gasteiger partial charge in [-0.05, 0) is 33.6 Å². The molecular formula is C11H20N2O4. The Morgan fingerprint density at radius 1 is 1.29 bits per heavy atom. The average molecular weight is 244 g/mol. The van der Waals surface area contributed by atoms with Gasteiger partial charge in [0.15, 0.2) is 0 Å². The van der Waals surface area contributed by atoms with E-state index in [1.165, 1.54) is 12.1 Å². The first-order chi connectivity index (χ1) is 7.74. The van der Waals surface area contributed by atoms with Crippen LogP contribution in [0.1, 0.15) is 33.6 Å². The lowest BCUT2D eigenvalue weighted by Gasteiger charge is -2.33. The third-order valence-corrected chi connectivity index (χ3v) is 2.69. The largest absolute Gasteiger partial charge is 0.467 e. The smallest absolute Gasteiger partial charge is 0.340 e. The van der Waals surface area contributed by atoms with Crippen LogP contribution in [0.25, 0.3) is 0 Å². The lowest BCUT2D eigenvalue weighted by Crippen LogP contribution is -2.61. The maximum Gasteiger partial charge on any atom is 0.340 e. The molecule has 1 aliphatic rings. The zero-order valence-corrected chi connectivity index (χ0v) is 10.8. The standard InChI is InChI=1S/C11H20N2O4/c1-10(2,3)17-9(15)11(8(14)16-4)6-5-7-13(11)12/h5-7,12H2,1-4H3/t11-/m0/s1. The van der Waals surface area contributed by atoms with Crippen molar-refractivity contribution in [2.75, 3.05) is 13.7 Å². The van der Waals surface area contributed by atoms with Crippen molar-refractivity contribution in [1.29, 1.82) is 0 Å². The minimum Gasteiger partial charge on any atom is -0.467 e. The maximum atomic E-state index is 12.1. The SMILES string of the molecule is COC(=O)[C@]1(C(=O)OC(C)(C)C)CCCN1N. The second kappa shape index (κ2) is 4.62. The summed E-state index contributed by atoms with van der Waals surface area (Å²) in [6, 6.07) is 0. The molecule has 0 aliphatic carbocycles. The van der Waals surface area contributed by atoms with Crippen molar-refractivity contribution in [3.8, 4) is 0 Å². The van der Waals surface area contributed by atoms with Gasteiger partial charge in [0.2, 0.25) is 5.54 Å². The van der Waals surface area contributed by atoms with Crippen LogP contribution >= 0.6 is 0 Å². The Balaban J connectivity index is 3.00. The number of carbonyl (C=O) groups is 2. The van der Waals surface area contributed by atoms with Gasteiger partial charge in [-0.25, -0.2) is 14.6 Å². The molecule has 1 heterocycles. The first-order valence-corrected chi connectivity index (χ1v) is 5.58. The Morgan fingerprint density at radius 3 is 2.24 bits per heavy atom. The van der Waals surface area contributed by atoms with E-state index in [-0.39, 0.29) is 0 Å². The van der Waals surface area contributed by atoms with E-state index in [9.17, 15) is 9.59 Å². The molecule has 1 fully saturated rings. The van der Waals surface area contributed by atoms with Crippen LogP contribution in [0.4, 0.5) is 0 Å². The Kier molecular flexibility index (Phi) is 3.78. The molecule has 6 nitrogen and oxygen atoms in total. The zero-order valence-electron chi connectivity index (χ0n) is 10.8. The highest BCUT2D eigenvalue weighted by molar-refractivity contribution is 6.05. The topological polar surface area (TPSA) is 81.9 Å². The molecule has 1 rings (SSSR count). The summed E-state index contributed by atoms with van der Waals surface area (Å²) >= 11 is 0. The number of esters is 2. The van der Waals surface area contributed by atoms with Gasteiger partial charge in [0, 0.05) is 6.54 Å². The molecule has 0 aromatic heterocycles. The third-order valence-electron chi connectivity index (χ3n) is 2.69.